The number of nitrogens with zero attached hydrogens (tertiary/aromatic N) is 3. The van der Waals surface area contributed by atoms with Crippen molar-refractivity contribution in [1.82, 2.24) is 14.8 Å². The molecule has 0 N–H and O–H groups in total. The van der Waals surface area contributed by atoms with Gasteiger partial charge in [-0.25, -0.2) is 4.98 Å². The van der Waals surface area contributed by atoms with E-state index in [0.717, 1.165) is 43.4 Å². The number of hydrogen-bond donors (Lipinski definition) is 0. The van der Waals surface area contributed by atoms with Gasteiger partial charge in [0.2, 0.25) is 0 Å². The Labute approximate surface area is 153 Å². The molecular weight excluding hydrogens is 334 g/mol. The Morgan fingerprint density at radius 1 is 1.28 bits per heavy atom. The van der Waals surface area contributed by atoms with Crippen LogP contribution in [0.25, 0.3) is 0 Å². The second kappa shape index (κ2) is 8.56. The molecule has 1 aliphatic heterocycles. The number of ether oxygens (including phenoxy) is 1. The molecule has 0 radical (unpaired) electrons. The number of carbonyl (C=O) groups excluding carboxylic acids is 1. The number of amides is 1. The highest BCUT2D eigenvalue weighted by molar-refractivity contribution is 7.09. The molecule has 1 fully saturated rings. The second-order valence-corrected chi connectivity index (χ2v) is 7.47. The van der Waals surface area contributed by atoms with Gasteiger partial charge < -0.3 is 9.64 Å². The van der Waals surface area contributed by atoms with Crippen LogP contribution in [0.5, 0.6) is 0 Å². The average molecular weight is 359 g/mol. The number of thiazole rings is 1. The molecule has 6 heteroatoms. The van der Waals surface area contributed by atoms with Gasteiger partial charge in [0.25, 0.3) is 5.91 Å². The Balaban J connectivity index is 1.67. The van der Waals surface area contributed by atoms with Gasteiger partial charge in [-0.05, 0) is 19.4 Å². The fourth-order valence-electron chi connectivity index (χ4n) is 2.85. The average Bonchev–Trinajstić information content (AvgIpc) is 3.09. The van der Waals surface area contributed by atoms with E-state index in [4.69, 9.17) is 4.74 Å². The van der Waals surface area contributed by atoms with Gasteiger partial charge in [-0.2, -0.15) is 0 Å². The molecule has 0 spiro atoms. The highest BCUT2D eigenvalue weighted by atomic mass is 32.1. The monoisotopic (exact) mass is 359 g/mol. The van der Waals surface area contributed by atoms with Crippen molar-refractivity contribution in [3.8, 4) is 0 Å². The molecule has 0 unspecified atom stereocenters. The number of rotatable bonds is 6. The van der Waals surface area contributed by atoms with Gasteiger partial charge in [-0.15, -0.1) is 11.3 Å². The lowest BCUT2D eigenvalue weighted by Gasteiger charge is -2.26. The lowest BCUT2D eigenvalue weighted by Crippen LogP contribution is -2.37. The molecule has 1 amide bonds. The van der Waals surface area contributed by atoms with Crippen LogP contribution in [0.2, 0.25) is 0 Å². The van der Waals surface area contributed by atoms with Crippen molar-refractivity contribution in [2.24, 2.45) is 0 Å². The van der Waals surface area contributed by atoms with Crippen LogP contribution in [0.4, 0.5) is 0 Å². The van der Waals surface area contributed by atoms with Crippen LogP contribution in [0, 0.1) is 0 Å². The van der Waals surface area contributed by atoms with E-state index in [9.17, 15) is 4.79 Å². The third-order valence-corrected chi connectivity index (χ3v) is 5.15. The van der Waals surface area contributed by atoms with Crippen molar-refractivity contribution in [2.45, 2.75) is 33.0 Å². The van der Waals surface area contributed by atoms with Crippen LogP contribution in [-0.2, 0) is 17.8 Å². The minimum atomic E-state index is 0.00308. The molecule has 0 atom stereocenters. The Morgan fingerprint density at radius 2 is 2.00 bits per heavy atom. The maximum Gasteiger partial charge on any atom is 0.273 e. The van der Waals surface area contributed by atoms with Gasteiger partial charge in [0.15, 0.2) is 0 Å². The summed E-state index contributed by atoms with van der Waals surface area (Å²) in [5, 5.41) is 2.88. The van der Waals surface area contributed by atoms with Crippen LogP contribution in [0.15, 0.2) is 35.7 Å². The third-order valence-electron chi connectivity index (χ3n) is 4.31. The lowest BCUT2D eigenvalue weighted by atomic mass is 10.2. The van der Waals surface area contributed by atoms with E-state index in [1.165, 1.54) is 0 Å². The summed E-state index contributed by atoms with van der Waals surface area (Å²) in [6, 6.07) is 10.2. The maximum absolute atomic E-state index is 12.9. The zero-order chi connectivity index (χ0) is 17.6. The highest BCUT2D eigenvalue weighted by Gasteiger charge is 2.22. The van der Waals surface area contributed by atoms with Crippen LogP contribution in [0.3, 0.4) is 0 Å². The summed E-state index contributed by atoms with van der Waals surface area (Å²) in [6.45, 7) is 8.88. The Morgan fingerprint density at radius 3 is 2.68 bits per heavy atom. The summed E-state index contributed by atoms with van der Waals surface area (Å²) in [7, 11) is 0. The van der Waals surface area contributed by atoms with Gasteiger partial charge >= 0.3 is 0 Å². The van der Waals surface area contributed by atoms with Crippen molar-refractivity contribution in [2.75, 3.05) is 26.3 Å². The Hall–Kier alpha value is -1.76. The standard InChI is InChI=1S/C19H25N3O2S/c1-15(2)22(12-16-6-4-3-5-7-16)19(23)17-14-25-18(20-17)13-21-8-10-24-11-9-21/h3-7,14-15H,8-13H2,1-2H3. The van der Waals surface area contributed by atoms with Crippen molar-refractivity contribution in [3.05, 3.63) is 52.0 Å². The van der Waals surface area contributed by atoms with E-state index < -0.39 is 0 Å². The molecule has 0 saturated carbocycles. The number of morpholine rings is 1. The van der Waals surface area contributed by atoms with E-state index in [0.29, 0.717) is 12.2 Å². The molecule has 1 aromatic carbocycles. The molecule has 25 heavy (non-hydrogen) atoms. The number of carbonyl (C=O) groups is 1. The quantitative estimate of drug-likeness (QED) is 0.795. The fraction of sp³-hybridized carbons (Fsp3) is 0.474. The normalized spacial score (nSPS) is 15.5. The third kappa shape index (κ3) is 4.87. The first-order valence-electron chi connectivity index (χ1n) is 8.73. The van der Waals surface area contributed by atoms with Crippen LogP contribution in [0.1, 0.15) is 34.9 Å². The topological polar surface area (TPSA) is 45.7 Å². The van der Waals surface area contributed by atoms with E-state index in [2.05, 4.69) is 9.88 Å². The van der Waals surface area contributed by atoms with E-state index in [1.807, 2.05) is 54.5 Å². The van der Waals surface area contributed by atoms with Crippen molar-refractivity contribution in [1.29, 1.82) is 0 Å². The Kier molecular flexibility index (Phi) is 6.18. The zero-order valence-electron chi connectivity index (χ0n) is 14.9. The second-order valence-electron chi connectivity index (χ2n) is 6.53. The molecule has 1 aliphatic rings. The summed E-state index contributed by atoms with van der Waals surface area (Å²) in [5.41, 5.74) is 1.69. The van der Waals surface area contributed by atoms with E-state index in [1.54, 1.807) is 11.3 Å². The predicted molar refractivity (Wildman–Crippen MR) is 99.7 cm³/mol. The molecule has 2 aromatic rings. The summed E-state index contributed by atoms with van der Waals surface area (Å²) >= 11 is 1.57. The first kappa shape index (κ1) is 18.0. The van der Waals surface area contributed by atoms with Crippen LogP contribution >= 0.6 is 11.3 Å². The fourth-order valence-corrected chi connectivity index (χ4v) is 3.66. The minimum Gasteiger partial charge on any atom is -0.379 e. The Bertz CT molecular complexity index is 681. The summed E-state index contributed by atoms with van der Waals surface area (Å²) in [4.78, 5) is 21.7. The first-order chi connectivity index (χ1) is 12.1. The van der Waals surface area contributed by atoms with Gasteiger partial charge in [0, 0.05) is 31.1 Å². The lowest BCUT2D eigenvalue weighted by molar-refractivity contribution is 0.0341. The summed E-state index contributed by atoms with van der Waals surface area (Å²) in [5.74, 6) is 0.00308. The van der Waals surface area contributed by atoms with Crippen molar-refractivity contribution < 1.29 is 9.53 Å². The van der Waals surface area contributed by atoms with Crippen LogP contribution in [-0.4, -0.2) is 53.0 Å². The predicted octanol–water partition coefficient (Wildman–Crippen LogP) is 3.03. The summed E-state index contributed by atoms with van der Waals surface area (Å²) < 4.78 is 5.38. The SMILES string of the molecule is CC(C)N(Cc1ccccc1)C(=O)c1csc(CN2CCOCC2)n1. The van der Waals surface area contributed by atoms with E-state index in [-0.39, 0.29) is 11.9 Å². The molecule has 2 heterocycles. The summed E-state index contributed by atoms with van der Waals surface area (Å²) in [6.07, 6.45) is 0. The molecular formula is C19H25N3O2S. The van der Waals surface area contributed by atoms with Gasteiger partial charge in [-0.3, -0.25) is 9.69 Å². The first-order valence-corrected chi connectivity index (χ1v) is 9.61. The molecule has 1 aromatic heterocycles. The van der Waals surface area contributed by atoms with Gasteiger partial charge in [0.1, 0.15) is 10.7 Å². The smallest absolute Gasteiger partial charge is 0.273 e. The van der Waals surface area contributed by atoms with Gasteiger partial charge in [0.05, 0.1) is 19.8 Å². The molecule has 0 bridgehead atoms. The maximum atomic E-state index is 12.9. The molecule has 134 valence electrons. The largest absolute Gasteiger partial charge is 0.379 e. The molecule has 3 rings (SSSR count). The van der Waals surface area contributed by atoms with Gasteiger partial charge in [-0.1, -0.05) is 30.3 Å². The molecule has 0 aliphatic carbocycles. The number of benzene rings is 1. The van der Waals surface area contributed by atoms with Crippen LogP contribution < -0.4 is 0 Å². The number of aromatic nitrogens is 1. The number of hydrogen-bond acceptors (Lipinski definition) is 5. The van der Waals surface area contributed by atoms with Crippen molar-refractivity contribution in [3.63, 3.8) is 0 Å². The minimum absolute atomic E-state index is 0.00308. The highest BCUT2D eigenvalue weighted by Crippen LogP contribution is 2.17. The zero-order valence-corrected chi connectivity index (χ0v) is 15.7. The van der Waals surface area contributed by atoms with Crippen molar-refractivity contribution >= 4 is 17.2 Å². The molecule has 5 nitrogen and oxygen atoms in total. The molecule has 1 saturated heterocycles. The van der Waals surface area contributed by atoms with E-state index >= 15 is 0 Å².